The van der Waals surface area contributed by atoms with Crippen molar-refractivity contribution in [2.24, 2.45) is 5.92 Å². The van der Waals surface area contributed by atoms with Crippen molar-refractivity contribution in [1.29, 1.82) is 0 Å². The van der Waals surface area contributed by atoms with Crippen molar-refractivity contribution in [3.8, 4) is 0 Å². The largest absolute Gasteiger partial charge is 0.375 e. The first-order chi connectivity index (χ1) is 9.29. The van der Waals surface area contributed by atoms with Crippen molar-refractivity contribution in [3.05, 3.63) is 24.3 Å². The predicted octanol–water partition coefficient (Wildman–Crippen LogP) is 2.79. The van der Waals surface area contributed by atoms with Crippen LogP contribution in [0.25, 0.3) is 0 Å². The van der Waals surface area contributed by atoms with Crippen LogP contribution in [0, 0.1) is 5.92 Å². The van der Waals surface area contributed by atoms with E-state index in [0.29, 0.717) is 12.3 Å². The van der Waals surface area contributed by atoms with Crippen LogP contribution in [0.5, 0.6) is 0 Å². The molecule has 1 saturated carbocycles. The minimum absolute atomic E-state index is 0.0287. The Morgan fingerprint density at radius 2 is 2.11 bits per heavy atom. The fourth-order valence-corrected chi connectivity index (χ4v) is 3.43. The lowest BCUT2D eigenvalue weighted by atomic mass is 9.74. The van der Waals surface area contributed by atoms with E-state index in [1.54, 1.807) is 18.6 Å². The molecule has 1 spiro atoms. The lowest BCUT2D eigenvalue weighted by Crippen LogP contribution is -2.43. The van der Waals surface area contributed by atoms with Gasteiger partial charge in [0.25, 0.3) is 0 Å². The zero-order valence-corrected chi connectivity index (χ0v) is 11.2. The maximum absolute atomic E-state index is 12.5. The molecule has 1 aliphatic carbocycles. The molecular formula is C15H20N2O2. The standard InChI is InChI=1S/C15H20N2O2/c18-14(13-11-16-7-8-17-13)12-4-9-19-15(10-12)5-2-1-3-6-15/h7-8,11-12H,1-6,9-10H2. The molecule has 2 fully saturated rings. The lowest BCUT2D eigenvalue weighted by Gasteiger charge is -2.43. The molecule has 4 heteroatoms. The Labute approximate surface area is 113 Å². The lowest BCUT2D eigenvalue weighted by molar-refractivity contribution is -0.111. The van der Waals surface area contributed by atoms with Crippen LogP contribution < -0.4 is 0 Å². The van der Waals surface area contributed by atoms with E-state index in [1.807, 2.05) is 0 Å². The average molecular weight is 260 g/mol. The van der Waals surface area contributed by atoms with Crippen LogP contribution in [0.4, 0.5) is 0 Å². The third-order valence-corrected chi connectivity index (χ3v) is 4.44. The third kappa shape index (κ3) is 2.68. The maximum atomic E-state index is 12.5. The number of rotatable bonds is 2. The Morgan fingerprint density at radius 1 is 1.26 bits per heavy atom. The Kier molecular flexibility index (Phi) is 3.60. The molecule has 1 aliphatic heterocycles. The van der Waals surface area contributed by atoms with E-state index in [9.17, 15) is 4.79 Å². The molecule has 19 heavy (non-hydrogen) atoms. The Hall–Kier alpha value is -1.29. The minimum Gasteiger partial charge on any atom is -0.375 e. The fraction of sp³-hybridized carbons (Fsp3) is 0.667. The van der Waals surface area contributed by atoms with Gasteiger partial charge < -0.3 is 4.74 Å². The summed E-state index contributed by atoms with van der Waals surface area (Å²) in [5.41, 5.74) is 0.472. The molecule has 1 saturated heterocycles. The monoisotopic (exact) mass is 260 g/mol. The Bertz CT molecular complexity index is 435. The Balaban J connectivity index is 1.73. The van der Waals surface area contributed by atoms with Crippen molar-refractivity contribution in [2.75, 3.05) is 6.61 Å². The zero-order chi connectivity index (χ0) is 13.1. The second kappa shape index (κ2) is 5.37. The smallest absolute Gasteiger partial charge is 0.186 e. The summed E-state index contributed by atoms with van der Waals surface area (Å²) in [6, 6.07) is 0. The van der Waals surface area contributed by atoms with Crippen LogP contribution in [0.3, 0.4) is 0 Å². The van der Waals surface area contributed by atoms with Gasteiger partial charge in [0.1, 0.15) is 5.69 Å². The second-order valence-electron chi connectivity index (χ2n) is 5.74. The highest BCUT2D eigenvalue weighted by Gasteiger charge is 2.41. The van der Waals surface area contributed by atoms with Crippen molar-refractivity contribution in [1.82, 2.24) is 9.97 Å². The van der Waals surface area contributed by atoms with Gasteiger partial charge in [0, 0.05) is 24.9 Å². The maximum Gasteiger partial charge on any atom is 0.186 e. The van der Waals surface area contributed by atoms with Crippen LogP contribution in [0.1, 0.15) is 55.4 Å². The first-order valence-electron chi connectivity index (χ1n) is 7.23. The summed E-state index contributed by atoms with van der Waals surface area (Å²) < 4.78 is 6.03. The topological polar surface area (TPSA) is 52.1 Å². The van der Waals surface area contributed by atoms with Crippen LogP contribution in [0.2, 0.25) is 0 Å². The summed E-state index contributed by atoms with van der Waals surface area (Å²) in [6.45, 7) is 0.705. The average Bonchev–Trinajstić information content (AvgIpc) is 2.48. The van der Waals surface area contributed by atoms with E-state index < -0.39 is 0 Å². The molecule has 2 aliphatic rings. The van der Waals surface area contributed by atoms with Gasteiger partial charge in [-0.1, -0.05) is 19.3 Å². The van der Waals surface area contributed by atoms with E-state index in [1.165, 1.54) is 19.3 Å². The first kappa shape index (κ1) is 12.7. The summed E-state index contributed by atoms with van der Waals surface area (Å²) >= 11 is 0. The van der Waals surface area contributed by atoms with Gasteiger partial charge >= 0.3 is 0 Å². The van der Waals surface area contributed by atoms with Crippen molar-refractivity contribution in [3.63, 3.8) is 0 Å². The predicted molar refractivity (Wildman–Crippen MR) is 70.9 cm³/mol. The van der Waals surface area contributed by atoms with Crippen molar-refractivity contribution >= 4 is 5.78 Å². The molecule has 3 rings (SSSR count). The van der Waals surface area contributed by atoms with Crippen LogP contribution >= 0.6 is 0 Å². The van der Waals surface area contributed by atoms with Crippen LogP contribution in [-0.2, 0) is 4.74 Å². The summed E-state index contributed by atoms with van der Waals surface area (Å²) in [4.78, 5) is 20.6. The number of hydrogen-bond acceptors (Lipinski definition) is 4. The molecule has 0 radical (unpaired) electrons. The van der Waals surface area contributed by atoms with Crippen LogP contribution in [-0.4, -0.2) is 28.0 Å². The number of Topliss-reactive ketones (excluding diaryl/α,β-unsaturated/α-hetero) is 1. The molecule has 2 heterocycles. The summed E-state index contributed by atoms with van der Waals surface area (Å²) in [7, 11) is 0. The van der Waals surface area contributed by atoms with Crippen molar-refractivity contribution in [2.45, 2.75) is 50.5 Å². The molecule has 1 aromatic rings. The summed E-state index contributed by atoms with van der Waals surface area (Å²) in [6.07, 6.45) is 12.4. The second-order valence-corrected chi connectivity index (χ2v) is 5.74. The molecular weight excluding hydrogens is 240 g/mol. The number of carbonyl (C=O) groups is 1. The summed E-state index contributed by atoms with van der Waals surface area (Å²) in [5, 5.41) is 0. The van der Waals surface area contributed by atoms with Gasteiger partial charge in [0.15, 0.2) is 5.78 Å². The third-order valence-electron chi connectivity index (χ3n) is 4.44. The van der Waals surface area contributed by atoms with E-state index in [2.05, 4.69) is 9.97 Å². The highest BCUT2D eigenvalue weighted by molar-refractivity contribution is 5.95. The van der Waals surface area contributed by atoms with E-state index in [0.717, 1.165) is 25.7 Å². The van der Waals surface area contributed by atoms with Gasteiger partial charge in [-0.15, -0.1) is 0 Å². The molecule has 0 bridgehead atoms. The number of aromatic nitrogens is 2. The molecule has 1 atom stereocenters. The highest BCUT2D eigenvalue weighted by Crippen LogP contribution is 2.41. The molecule has 0 amide bonds. The minimum atomic E-state index is -0.0287. The van der Waals surface area contributed by atoms with Gasteiger partial charge in [-0.05, 0) is 25.7 Å². The quantitative estimate of drug-likeness (QED) is 0.767. The highest BCUT2D eigenvalue weighted by atomic mass is 16.5. The molecule has 102 valence electrons. The number of ether oxygens (including phenoxy) is 1. The number of ketones is 1. The number of hydrogen-bond donors (Lipinski definition) is 0. The Morgan fingerprint density at radius 3 is 2.84 bits per heavy atom. The molecule has 1 unspecified atom stereocenters. The SMILES string of the molecule is O=C(c1cnccn1)C1CCOC2(CCCCC2)C1. The number of carbonyl (C=O) groups excluding carboxylic acids is 1. The van der Waals surface area contributed by atoms with E-state index in [4.69, 9.17) is 4.74 Å². The van der Waals surface area contributed by atoms with Crippen molar-refractivity contribution < 1.29 is 9.53 Å². The van der Waals surface area contributed by atoms with Gasteiger partial charge in [-0.3, -0.25) is 9.78 Å². The van der Waals surface area contributed by atoms with Gasteiger partial charge in [-0.2, -0.15) is 0 Å². The molecule has 1 aromatic heterocycles. The first-order valence-corrected chi connectivity index (χ1v) is 7.23. The van der Waals surface area contributed by atoms with Crippen LogP contribution in [0.15, 0.2) is 18.6 Å². The molecule has 4 nitrogen and oxygen atoms in total. The summed E-state index contributed by atoms with van der Waals surface area (Å²) in [5.74, 6) is 0.199. The van der Waals surface area contributed by atoms with E-state index in [-0.39, 0.29) is 17.3 Å². The molecule has 0 N–H and O–H groups in total. The zero-order valence-electron chi connectivity index (χ0n) is 11.2. The molecule has 0 aromatic carbocycles. The van der Waals surface area contributed by atoms with E-state index >= 15 is 0 Å². The normalized spacial score (nSPS) is 26.2. The van der Waals surface area contributed by atoms with Gasteiger partial charge in [-0.25, -0.2) is 4.98 Å². The number of nitrogens with zero attached hydrogens (tertiary/aromatic N) is 2. The van der Waals surface area contributed by atoms with Gasteiger partial charge in [0.2, 0.25) is 0 Å². The fourth-order valence-electron chi connectivity index (χ4n) is 3.43. The van der Waals surface area contributed by atoms with Gasteiger partial charge in [0.05, 0.1) is 11.8 Å².